The maximum Gasteiger partial charge on any atom is 0.258 e. The number of fused-ring (bicyclic) bond motifs is 1. The van der Waals surface area contributed by atoms with E-state index < -0.39 is 0 Å². The Morgan fingerprint density at radius 3 is 2.71 bits per heavy atom. The van der Waals surface area contributed by atoms with Crippen molar-refractivity contribution in [3.05, 3.63) is 64.3 Å². The summed E-state index contributed by atoms with van der Waals surface area (Å²) in [5, 5.41) is 3.52. The molecule has 0 aliphatic carbocycles. The van der Waals surface area contributed by atoms with Gasteiger partial charge in [0.2, 0.25) is 5.91 Å². The van der Waals surface area contributed by atoms with Gasteiger partial charge >= 0.3 is 0 Å². The largest absolute Gasteiger partial charge is 0.354 e. The molecule has 1 amide bonds. The number of aromatic amines is 1. The molecule has 31 heavy (non-hydrogen) atoms. The number of nitrogens with zero attached hydrogens (tertiary/aromatic N) is 4. The van der Waals surface area contributed by atoms with Crippen LogP contribution in [0.25, 0.3) is 10.9 Å². The number of rotatable bonds is 7. The molecule has 162 valence electrons. The smallest absolute Gasteiger partial charge is 0.258 e. The number of aromatic nitrogens is 3. The van der Waals surface area contributed by atoms with Crippen LogP contribution in [-0.2, 0) is 17.8 Å². The summed E-state index contributed by atoms with van der Waals surface area (Å²) in [4.78, 5) is 40.7. The maximum atomic E-state index is 12.2. The molecule has 8 nitrogen and oxygen atoms in total. The van der Waals surface area contributed by atoms with Crippen LogP contribution in [0.2, 0.25) is 0 Å². The third kappa shape index (κ3) is 5.46. The first-order valence-corrected chi connectivity index (χ1v) is 10.7. The van der Waals surface area contributed by atoms with E-state index in [1.165, 1.54) is 0 Å². The van der Waals surface area contributed by atoms with Crippen molar-refractivity contribution < 1.29 is 4.79 Å². The zero-order chi connectivity index (χ0) is 21.6. The molecule has 3 heterocycles. The van der Waals surface area contributed by atoms with Gasteiger partial charge in [0.15, 0.2) is 0 Å². The molecule has 0 atom stereocenters. The summed E-state index contributed by atoms with van der Waals surface area (Å²) in [6, 6.07) is 11.3. The number of H-pyrrole nitrogens is 1. The number of likely N-dealkylation sites (N-methyl/N-ethyl adjacent to an activating group) is 1. The summed E-state index contributed by atoms with van der Waals surface area (Å²) in [6.07, 6.45) is 3.38. The molecule has 1 saturated heterocycles. The van der Waals surface area contributed by atoms with Gasteiger partial charge in [-0.05, 0) is 37.2 Å². The molecule has 0 radical (unpaired) electrons. The molecule has 2 N–H and O–H groups in total. The summed E-state index contributed by atoms with van der Waals surface area (Å²) < 4.78 is 0. The summed E-state index contributed by atoms with van der Waals surface area (Å²) in [6.45, 7) is 4.51. The predicted octanol–water partition coefficient (Wildman–Crippen LogP) is 1.71. The van der Waals surface area contributed by atoms with E-state index in [9.17, 15) is 9.59 Å². The van der Waals surface area contributed by atoms with Gasteiger partial charge in [0.05, 0.1) is 10.9 Å². The Balaban J connectivity index is 1.22. The van der Waals surface area contributed by atoms with Crippen molar-refractivity contribution in [2.45, 2.75) is 25.8 Å². The number of hydrogen-bond donors (Lipinski definition) is 2. The lowest BCUT2D eigenvalue weighted by Crippen LogP contribution is -2.44. The molecule has 2 aromatic heterocycles. The summed E-state index contributed by atoms with van der Waals surface area (Å²) in [7, 11) is 2.13. The molecule has 1 aliphatic heterocycles. The van der Waals surface area contributed by atoms with Crippen LogP contribution in [0.4, 0.5) is 5.82 Å². The molecule has 4 rings (SSSR count). The molecule has 0 unspecified atom stereocenters. The number of amides is 1. The van der Waals surface area contributed by atoms with Gasteiger partial charge in [-0.3, -0.25) is 9.59 Å². The van der Waals surface area contributed by atoms with Crippen LogP contribution in [0.1, 0.15) is 24.2 Å². The van der Waals surface area contributed by atoms with E-state index in [0.717, 1.165) is 37.6 Å². The Morgan fingerprint density at radius 1 is 1.13 bits per heavy atom. The summed E-state index contributed by atoms with van der Waals surface area (Å²) in [5.74, 6) is 1.58. The molecule has 0 spiro atoms. The van der Waals surface area contributed by atoms with Gasteiger partial charge in [-0.25, -0.2) is 9.97 Å². The lowest BCUT2D eigenvalue weighted by molar-refractivity contribution is -0.121. The van der Waals surface area contributed by atoms with Crippen molar-refractivity contribution >= 4 is 22.6 Å². The second-order valence-electron chi connectivity index (χ2n) is 7.98. The number of aryl methyl sites for hydroxylation is 1. The highest BCUT2D eigenvalue weighted by Gasteiger charge is 2.15. The Hall–Kier alpha value is -3.26. The van der Waals surface area contributed by atoms with Crippen LogP contribution in [0.5, 0.6) is 0 Å². The Kier molecular flexibility index (Phi) is 6.57. The van der Waals surface area contributed by atoms with Crippen LogP contribution in [0, 0.1) is 0 Å². The third-order valence-electron chi connectivity index (χ3n) is 5.61. The molecule has 8 heteroatoms. The van der Waals surface area contributed by atoms with E-state index in [1.807, 2.05) is 36.5 Å². The quantitative estimate of drug-likeness (QED) is 0.604. The molecule has 1 aromatic carbocycles. The van der Waals surface area contributed by atoms with Gasteiger partial charge < -0.3 is 20.1 Å². The minimum absolute atomic E-state index is 0.0220. The van der Waals surface area contributed by atoms with E-state index in [1.54, 1.807) is 6.07 Å². The van der Waals surface area contributed by atoms with E-state index in [2.05, 4.69) is 37.1 Å². The van der Waals surface area contributed by atoms with E-state index >= 15 is 0 Å². The van der Waals surface area contributed by atoms with Gasteiger partial charge in [-0.1, -0.05) is 18.2 Å². The first kappa shape index (κ1) is 21.0. The second-order valence-corrected chi connectivity index (χ2v) is 7.98. The summed E-state index contributed by atoms with van der Waals surface area (Å²) in [5.41, 5.74) is 1.52. The number of benzene rings is 1. The highest BCUT2D eigenvalue weighted by molar-refractivity contribution is 5.77. The topological polar surface area (TPSA) is 94.2 Å². The standard InChI is InChI=1S/C23H28N6O2/c1-28-11-13-29(14-12-28)21-10-9-17(15-24-21)16-25-22(30)8-4-7-20-26-19-6-3-2-5-18(19)23(31)27-20/h2-3,5-6,9-10,15H,4,7-8,11-14,16H2,1H3,(H,25,30)(H,26,27,31). The number of carbonyl (C=O) groups is 1. The Bertz CT molecular complexity index is 1090. The average Bonchev–Trinajstić information content (AvgIpc) is 2.79. The average molecular weight is 421 g/mol. The molecular weight excluding hydrogens is 392 g/mol. The lowest BCUT2D eigenvalue weighted by Gasteiger charge is -2.33. The maximum absolute atomic E-state index is 12.2. The normalized spacial score (nSPS) is 14.7. The number of para-hydroxylation sites is 1. The first-order valence-electron chi connectivity index (χ1n) is 10.7. The number of anilines is 1. The lowest BCUT2D eigenvalue weighted by atomic mass is 10.2. The number of pyridine rings is 1. The van der Waals surface area contributed by atoms with Crippen LogP contribution in [0.3, 0.4) is 0 Å². The predicted molar refractivity (Wildman–Crippen MR) is 121 cm³/mol. The van der Waals surface area contributed by atoms with Crippen molar-refractivity contribution in [2.24, 2.45) is 0 Å². The van der Waals surface area contributed by atoms with Crippen LogP contribution < -0.4 is 15.8 Å². The number of nitrogens with one attached hydrogen (secondary N) is 2. The summed E-state index contributed by atoms with van der Waals surface area (Å²) >= 11 is 0. The molecular formula is C23H28N6O2. The molecule has 1 fully saturated rings. The first-order chi connectivity index (χ1) is 15.1. The zero-order valence-corrected chi connectivity index (χ0v) is 17.8. The van der Waals surface area contributed by atoms with Crippen LogP contribution in [0.15, 0.2) is 47.4 Å². The Morgan fingerprint density at radius 2 is 1.94 bits per heavy atom. The fourth-order valence-electron chi connectivity index (χ4n) is 3.70. The van der Waals surface area contributed by atoms with Crippen molar-refractivity contribution in [1.82, 2.24) is 25.2 Å². The van der Waals surface area contributed by atoms with Crippen molar-refractivity contribution in [3.63, 3.8) is 0 Å². The fourth-order valence-corrected chi connectivity index (χ4v) is 3.70. The van der Waals surface area contributed by atoms with Gasteiger partial charge in [-0.15, -0.1) is 0 Å². The van der Waals surface area contributed by atoms with Crippen molar-refractivity contribution in [1.29, 1.82) is 0 Å². The number of piperazine rings is 1. The van der Waals surface area contributed by atoms with Crippen molar-refractivity contribution in [3.8, 4) is 0 Å². The fraction of sp³-hybridized carbons (Fsp3) is 0.391. The monoisotopic (exact) mass is 420 g/mol. The molecule has 0 bridgehead atoms. The zero-order valence-electron chi connectivity index (χ0n) is 17.8. The van der Waals surface area contributed by atoms with Gasteiger partial charge in [0.25, 0.3) is 5.56 Å². The Labute approximate surface area is 181 Å². The van der Waals surface area contributed by atoms with Gasteiger partial charge in [0.1, 0.15) is 11.6 Å². The van der Waals surface area contributed by atoms with Crippen LogP contribution >= 0.6 is 0 Å². The van der Waals surface area contributed by atoms with Crippen molar-refractivity contribution in [2.75, 3.05) is 38.1 Å². The molecule has 0 saturated carbocycles. The molecule has 3 aromatic rings. The highest BCUT2D eigenvalue weighted by atomic mass is 16.1. The van der Waals surface area contributed by atoms with E-state index in [0.29, 0.717) is 42.5 Å². The SMILES string of the molecule is CN1CCN(c2ccc(CNC(=O)CCCc3nc4ccccc4c(=O)[nH]3)cn2)CC1. The minimum Gasteiger partial charge on any atom is -0.354 e. The molecule has 1 aliphatic rings. The highest BCUT2D eigenvalue weighted by Crippen LogP contribution is 2.13. The van der Waals surface area contributed by atoms with Crippen LogP contribution in [-0.4, -0.2) is 59.0 Å². The van der Waals surface area contributed by atoms with Gasteiger partial charge in [0, 0.05) is 51.8 Å². The number of hydrogen-bond acceptors (Lipinski definition) is 6. The third-order valence-corrected chi connectivity index (χ3v) is 5.61. The van der Waals surface area contributed by atoms with E-state index in [4.69, 9.17) is 0 Å². The minimum atomic E-state index is -0.141. The second kappa shape index (κ2) is 9.70. The van der Waals surface area contributed by atoms with E-state index in [-0.39, 0.29) is 11.5 Å². The van der Waals surface area contributed by atoms with Gasteiger partial charge in [-0.2, -0.15) is 0 Å². The number of carbonyl (C=O) groups excluding carboxylic acids is 1.